The van der Waals surface area contributed by atoms with Crippen LogP contribution in [0.25, 0.3) is 33.4 Å². The number of anilines is 1. The number of aromatic amines is 1. The predicted octanol–water partition coefficient (Wildman–Crippen LogP) is 6.21. The fraction of sp³-hybridized carbons (Fsp3) is 0.406. The molecule has 2 N–H and O–H groups in total. The number of nitrogens with zero attached hydrogens (tertiary/aromatic N) is 4. The van der Waals surface area contributed by atoms with Gasteiger partial charge in [-0.3, -0.25) is 9.89 Å². The molecule has 5 rings (SSSR count). The van der Waals surface area contributed by atoms with Gasteiger partial charge in [0.05, 0.1) is 18.4 Å². The Bertz CT molecular complexity index is 1520. The summed E-state index contributed by atoms with van der Waals surface area (Å²) in [7, 11) is 4.99. The van der Waals surface area contributed by atoms with Crippen LogP contribution >= 0.6 is 0 Å². The summed E-state index contributed by atoms with van der Waals surface area (Å²) in [5, 5.41) is 11.7. The number of hydrogen-bond donors (Lipinski definition) is 2. The van der Waals surface area contributed by atoms with E-state index >= 15 is 4.39 Å². The van der Waals surface area contributed by atoms with E-state index in [0.717, 1.165) is 49.7 Å². The number of carbonyl (C=O) groups excluding carboxylic acids is 1. The van der Waals surface area contributed by atoms with Crippen LogP contribution in [0.15, 0.2) is 48.7 Å². The summed E-state index contributed by atoms with van der Waals surface area (Å²) in [6.07, 6.45) is 5.66. The van der Waals surface area contributed by atoms with Gasteiger partial charge in [0, 0.05) is 48.9 Å². The van der Waals surface area contributed by atoms with Gasteiger partial charge >= 0.3 is 0 Å². The molecule has 0 aliphatic heterocycles. The first kappa shape index (κ1) is 28.5. The van der Waals surface area contributed by atoms with Crippen LogP contribution in [0.3, 0.4) is 0 Å². The SMILES string of the molecule is CCN(CC)C1CCC(Nc2c(F)cc(-c3cnc4[nH]nc(-c5ccccc5OC)c4c3)cc2C(=O)N(C)C)CC1. The standard InChI is InChI=1S/C32H39FN6O2/c1-6-39(7-2)23-14-12-22(13-15-23)35-30-26(32(40)38(3)4)16-20(18-27(30)33)21-17-25-29(36-37-31(25)34-19-21)24-10-8-9-11-28(24)41-5/h8-11,16-19,22-23,35H,6-7,12-15H2,1-5H3,(H,34,36,37). The lowest BCUT2D eigenvalue weighted by Crippen LogP contribution is -2.40. The molecule has 216 valence electrons. The van der Waals surface area contributed by atoms with Gasteiger partial charge in [0.1, 0.15) is 17.3 Å². The van der Waals surface area contributed by atoms with E-state index in [1.807, 2.05) is 30.3 Å². The zero-order valence-electron chi connectivity index (χ0n) is 24.5. The predicted molar refractivity (Wildman–Crippen MR) is 162 cm³/mol. The molecule has 9 heteroatoms. The summed E-state index contributed by atoms with van der Waals surface area (Å²) in [4.78, 5) is 21.8. The highest BCUT2D eigenvalue weighted by molar-refractivity contribution is 6.01. The lowest BCUT2D eigenvalue weighted by Gasteiger charge is -2.36. The van der Waals surface area contributed by atoms with Crippen LogP contribution in [0, 0.1) is 5.82 Å². The maximum absolute atomic E-state index is 15.9. The Morgan fingerprint density at radius 2 is 1.80 bits per heavy atom. The number of fused-ring (bicyclic) bond motifs is 1. The molecule has 0 unspecified atom stereocenters. The number of amides is 1. The quantitative estimate of drug-likeness (QED) is 0.254. The van der Waals surface area contributed by atoms with E-state index in [9.17, 15) is 4.79 Å². The number of ether oxygens (including phenoxy) is 1. The molecule has 2 heterocycles. The third-order valence-electron chi connectivity index (χ3n) is 8.21. The molecule has 0 radical (unpaired) electrons. The van der Waals surface area contributed by atoms with E-state index in [1.165, 1.54) is 11.0 Å². The van der Waals surface area contributed by atoms with Crippen LogP contribution in [0.5, 0.6) is 5.75 Å². The zero-order chi connectivity index (χ0) is 29.1. The topological polar surface area (TPSA) is 86.4 Å². The van der Waals surface area contributed by atoms with Crippen LogP contribution in [-0.4, -0.2) is 77.3 Å². The van der Waals surface area contributed by atoms with Gasteiger partial charge in [0.15, 0.2) is 5.65 Å². The van der Waals surface area contributed by atoms with Crippen molar-refractivity contribution in [1.82, 2.24) is 25.0 Å². The highest BCUT2D eigenvalue weighted by atomic mass is 19.1. The first-order valence-electron chi connectivity index (χ1n) is 14.4. The average molecular weight is 559 g/mol. The first-order valence-corrected chi connectivity index (χ1v) is 14.4. The highest BCUT2D eigenvalue weighted by Gasteiger charge is 2.27. The number of halogens is 1. The number of carbonyl (C=O) groups is 1. The summed E-state index contributed by atoms with van der Waals surface area (Å²) in [6.45, 7) is 6.47. The number of methoxy groups -OCH3 is 1. The normalized spacial score (nSPS) is 17.1. The summed E-state index contributed by atoms with van der Waals surface area (Å²) in [5.74, 6) is -0.00860. The second-order valence-corrected chi connectivity index (χ2v) is 10.8. The molecule has 4 aromatic rings. The van der Waals surface area contributed by atoms with Crippen LogP contribution in [-0.2, 0) is 0 Å². The summed E-state index contributed by atoms with van der Waals surface area (Å²) >= 11 is 0. The third kappa shape index (κ3) is 5.77. The lowest BCUT2D eigenvalue weighted by molar-refractivity contribution is 0.0828. The fourth-order valence-electron chi connectivity index (χ4n) is 5.97. The number of hydrogen-bond acceptors (Lipinski definition) is 6. The van der Waals surface area contributed by atoms with Gasteiger partial charge in [-0.2, -0.15) is 5.10 Å². The van der Waals surface area contributed by atoms with E-state index in [2.05, 4.69) is 39.2 Å². The molecular formula is C32H39FN6O2. The number of benzene rings is 2. The Labute approximate surface area is 240 Å². The number of nitrogens with one attached hydrogen (secondary N) is 2. The Hall–Kier alpha value is -3.98. The van der Waals surface area contributed by atoms with Gasteiger partial charge in [-0.1, -0.05) is 26.0 Å². The van der Waals surface area contributed by atoms with E-state index in [-0.39, 0.29) is 17.6 Å². The third-order valence-corrected chi connectivity index (χ3v) is 8.21. The minimum Gasteiger partial charge on any atom is -0.496 e. The molecule has 0 bridgehead atoms. The lowest BCUT2D eigenvalue weighted by atomic mass is 9.89. The fourth-order valence-corrected chi connectivity index (χ4v) is 5.97. The zero-order valence-corrected chi connectivity index (χ0v) is 24.5. The van der Waals surface area contributed by atoms with Crippen molar-refractivity contribution in [3.8, 4) is 28.1 Å². The van der Waals surface area contributed by atoms with E-state index in [1.54, 1.807) is 33.5 Å². The van der Waals surface area contributed by atoms with E-state index in [4.69, 9.17) is 4.74 Å². The number of para-hydroxylation sites is 1. The molecule has 1 amide bonds. The van der Waals surface area contributed by atoms with Crippen LogP contribution < -0.4 is 10.1 Å². The van der Waals surface area contributed by atoms with Gasteiger partial charge in [0.2, 0.25) is 0 Å². The molecule has 1 saturated carbocycles. The summed E-state index contributed by atoms with van der Waals surface area (Å²) in [5.41, 5.74) is 3.97. The first-order chi connectivity index (χ1) is 19.8. The molecule has 8 nitrogen and oxygen atoms in total. The molecule has 1 aliphatic carbocycles. The van der Waals surface area contributed by atoms with Crippen molar-refractivity contribution < 1.29 is 13.9 Å². The Morgan fingerprint density at radius 1 is 1.07 bits per heavy atom. The smallest absolute Gasteiger partial charge is 0.255 e. The summed E-state index contributed by atoms with van der Waals surface area (Å²) < 4.78 is 21.4. The van der Waals surface area contributed by atoms with Crippen LogP contribution in [0.1, 0.15) is 49.9 Å². The largest absolute Gasteiger partial charge is 0.496 e. The maximum Gasteiger partial charge on any atom is 0.255 e. The minimum atomic E-state index is -0.448. The molecule has 2 aromatic heterocycles. The average Bonchev–Trinajstić information content (AvgIpc) is 3.42. The Kier molecular flexibility index (Phi) is 8.54. The number of H-pyrrole nitrogens is 1. The molecule has 2 aromatic carbocycles. The molecule has 41 heavy (non-hydrogen) atoms. The van der Waals surface area contributed by atoms with Gasteiger partial charge in [0.25, 0.3) is 5.91 Å². The number of pyridine rings is 1. The molecule has 0 atom stereocenters. The van der Waals surface area contributed by atoms with Gasteiger partial charge in [-0.15, -0.1) is 0 Å². The van der Waals surface area contributed by atoms with Crippen molar-refractivity contribution in [2.75, 3.05) is 39.6 Å². The van der Waals surface area contributed by atoms with Crippen molar-refractivity contribution in [3.63, 3.8) is 0 Å². The van der Waals surface area contributed by atoms with Gasteiger partial charge in [-0.25, -0.2) is 9.37 Å². The van der Waals surface area contributed by atoms with Gasteiger partial charge < -0.3 is 19.9 Å². The monoisotopic (exact) mass is 558 g/mol. The van der Waals surface area contributed by atoms with Gasteiger partial charge in [-0.05, 0) is 74.7 Å². The second-order valence-electron chi connectivity index (χ2n) is 10.8. The van der Waals surface area contributed by atoms with Crippen molar-refractivity contribution in [1.29, 1.82) is 0 Å². The number of rotatable bonds is 9. The van der Waals surface area contributed by atoms with Crippen molar-refractivity contribution >= 4 is 22.6 Å². The Morgan fingerprint density at radius 3 is 2.49 bits per heavy atom. The maximum atomic E-state index is 15.9. The molecule has 1 fully saturated rings. The van der Waals surface area contributed by atoms with E-state index < -0.39 is 5.82 Å². The second kappa shape index (κ2) is 12.3. The molecule has 0 saturated heterocycles. The molecule has 1 aliphatic rings. The van der Waals surface area contributed by atoms with Crippen molar-refractivity contribution in [3.05, 3.63) is 60.0 Å². The Balaban J connectivity index is 1.49. The minimum absolute atomic E-state index is 0.114. The highest BCUT2D eigenvalue weighted by Crippen LogP contribution is 2.36. The number of aromatic nitrogens is 3. The van der Waals surface area contributed by atoms with Crippen molar-refractivity contribution in [2.45, 2.75) is 51.6 Å². The van der Waals surface area contributed by atoms with Crippen LogP contribution in [0.4, 0.5) is 10.1 Å². The molecule has 0 spiro atoms. The van der Waals surface area contributed by atoms with E-state index in [0.29, 0.717) is 39.8 Å². The molecular weight excluding hydrogens is 519 g/mol. The van der Waals surface area contributed by atoms with Crippen molar-refractivity contribution in [2.24, 2.45) is 0 Å². The van der Waals surface area contributed by atoms with Crippen LogP contribution in [0.2, 0.25) is 0 Å². The summed E-state index contributed by atoms with van der Waals surface area (Å²) in [6, 6.07) is 13.5.